The van der Waals surface area contributed by atoms with E-state index in [9.17, 15) is 9.59 Å². The Bertz CT molecular complexity index is 472. The van der Waals surface area contributed by atoms with Gasteiger partial charge in [-0.15, -0.1) is 0 Å². The van der Waals surface area contributed by atoms with Crippen LogP contribution in [0.15, 0.2) is 24.3 Å². The summed E-state index contributed by atoms with van der Waals surface area (Å²) in [6, 6.07) is 6.89. The fourth-order valence-corrected chi connectivity index (χ4v) is 1.96. The van der Waals surface area contributed by atoms with Crippen LogP contribution in [0.1, 0.15) is 32.8 Å². The Morgan fingerprint density at radius 3 is 2.60 bits per heavy atom. The third kappa shape index (κ3) is 4.91. The maximum absolute atomic E-state index is 12.2. The van der Waals surface area contributed by atoms with Gasteiger partial charge in [0, 0.05) is 18.3 Å². The zero-order chi connectivity index (χ0) is 15.1. The number of nitrogens with one attached hydrogen (secondary N) is 1. The van der Waals surface area contributed by atoms with Crippen molar-refractivity contribution in [2.24, 2.45) is 0 Å². The number of carboxylic acid groups (broad SMARTS) is 1. The molecule has 0 aliphatic rings. The van der Waals surface area contributed by atoms with Gasteiger partial charge in [-0.2, -0.15) is 0 Å². The molecule has 0 radical (unpaired) electrons. The number of urea groups is 1. The molecule has 0 fully saturated rings. The van der Waals surface area contributed by atoms with Gasteiger partial charge in [-0.3, -0.25) is 4.79 Å². The van der Waals surface area contributed by atoms with E-state index in [4.69, 9.17) is 5.11 Å². The van der Waals surface area contributed by atoms with Gasteiger partial charge in [0.1, 0.15) is 0 Å². The highest BCUT2D eigenvalue weighted by Gasteiger charge is 2.16. The van der Waals surface area contributed by atoms with E-state index >= 15 is 0 Å². The molecule has 1 aromatic rings. The van der Waals surface area contributed by atoms with Crippen LogP contribution in [0.25, 0.3) is 0 Å². The molecule has 5 nitrogen and oxygen atoms in total. The number of nitrogens with zero attached hydrogens (tertiary/aromatic N) is 1. The molecule has 0 aromatic heterocycles. The SMILES string of the molecule is CCCN(C(=O)Nc1cccc(CC(=O)O)c1)C(C)C. The Kier molecular flexibility index (Phi) is 6.03. The van der Waals surface area contributed by atoms with Crippen molar-refractivity contribution >= 4 is 17.7 Å². The van der Waals surface area contributed by atoms with E-state index in [1.807, 2.05) is 20.8 Å². The Labute approximate surface area is 119 Å². The molecule has 0 spiro atoms. The predicted molar refractivity (Wildman–Crippen MR) is 78.9 cm³/mol. The summed E-state index contributed by atoms with van der Waals surface area (Å²) in [4.78, 5) is 24.6. The fourth-order valence-electron chi connectivity index (χ4n) is 1.96. The number of anilines is 1. The summed E-state index contributed by atoms with van der Waals surface area (Å²) >= 11 is 0. The first-order valence-corrected chi connectivity index (χ1v) is 6.82. The molecule has 2 amide bonds. The molecular weight excluding hydrogens is 256 g/mol. The standard InChI is InChI=1S/C15H22N2O3/c1-4-8-17(11(2)3)15(20)16-13-7-5-6-12(9-13)10-14(18)19/h5-7,9,11H,4,8,10H2,1-3H3,(H,16,20)(H,18,19). The molecule has 1 aromatic carbocycles. The van der Waals surface area contributed by atoms with Crippen LogP contribution in [0.4, 0.5) is 10.5 Å². The van der Waals surface area contributed by atoms with Crippen LogP contribution in [0, 0.1) is 0 Å². The molecule has 0 atom stereocenters. The number of rotatable bonds is 6. The lowest BCUT2D eigenvalue weighted by molar-refractivity contribution is -0.136. The Morgan fingerprint density at radius 2 is 2.05 bits per heavy atom. The lowest BCUT2D eigenvalue weighted by Gasteiger charge is -2.26. The highest BCUT2D eigenvalue weighted by Crippen LogP contribution is 2.13. The van der Waals surface area contributed by atoms with Crippen LogP contribution < -0.4 is 5.32 Å². The number of benzene rings is 1. The van der Waals surface area contributed by atoms with Gasteiger partial charge in [-0.1, -0.05) is 19.1 Å². The molecule has 0 aliphatic heterocycles. The molecular formula is C15H22N2O3. The lowest BCUT2D eigenvalue weighted by Crippen LogP contribution is -2.40. The van der Waals surface area contributed by atoms with Crippen LogP contribution >= 0.6 is 0 Å². The van der Waals surface area contributed by atoms with Crippen molar-refractivity contribution < 1.29 is 14.7 Å². The van der Waals surface area contributed by atoms with E-state index in [1.165, 1.54) is 0 Å². The van der Waals surface area contributed by atoms with Crippen LogP contribution in [0.2, 0.25) is 0 Å². The van der Waals surface area contributed by atoms with E-state index in [-0.39, 0.29) is 18.5 Å². The third-order valence-electron chi connectivity index (χ3n) is 2.88. The van der Waals surface area contributed by atoms with Crippen molar-refractivity contribution in [2.45, 2.75) is 39.7 Å². The van der Waals surface area contributed by atoms with Gasteiger partial charge in [0.15, 0.2) is 0 Å². The quantitative estimate of drug-likeness (QED) is 0.840. The Hall–Kier alpha value is -2.04. The second-order valence-corrected chi connectivity index (χ2v) is 4.99. The zero-order valence-corrected chi connectivity index (χ0v) is 12.2. The van der Waals surface area contributed by atoms with Crippen LogP contribution in [-0.4, -0.2) is 34.6 Å². The molecule has 0 heterocycles. The summed E-state index contributed by atoms with van der Waals surface area (Å²) in [7, 11) is 0. The number of amides is 2. The molecule has 1 rings (SSSR count). The minimum Gasteiger partial charge on any atom is -0.481 e. The van der Waals surface area contributed by atoms with E-state index < -0.39 is 5.97 Å². The van der Waals surface area contributed by atoms with E-state index in [1.54, 1.807) is 29.2 Å². The van der Waals surface area contributed by atoms with Gasteiger partial charge in [-0.05, 0) is 38.0 Å². The smallest absolute Gasteiger partial charge is 0.322 e. The minimum absolute atomic E-state index is 0.0490. The number of aliphatic carboxylic acids is 1. The maximum atomic E-state index is 12.2. The molecule has 5 heteroatoms. The van der Waals surface area contributed by atoms with Gasteiger partial charge in [0.05, 0.1) is 6.42 Å². The number of carbonyl (C=O) groups excluding carboxylic acids is 1. The summed E-state index contributed by atoms with van der Waals surface area (Å²) < 4.78 is 0. The van der Waals surface area contributed by atoms with Crippen molar-refractivity contribution in [2.75, 3.05) is 11.9 Å². The summed E-state index contributed by atoms with van der Waals surface area (Å²) in [6.45, 7) is 6.65. The first-order valence-electron chi connectivity index (χ1n) is 6.82. The van der Waals surface area contributed by atoms with Gasteiger partial charge < -0.3 is 15.3 Å². The van der Waals surface area contributed by atoms with Gasteiger partial charge in [0.25, 0.3) is 0 Å². The van der Waals surface area contributed by atoms with Crippen molar-refractivity contribution in [3.8, 4) is 0 Å². The monoisotopic (exact) mass is 278 g/mol. The molecule has 110 valence electrons. The van der Waals surface area contributed by atoms with Crippen molar-refractivity contribution in [3.63, 3.8) is 0 Å². The van der Waals surface area contributed by atoms with Crippen molar-refractivity contribution in [1.29, 1.82) is 0 Å². The highest BCUT2D eigenvalue weighted by molar-refractivity contribution is 5.89. The molecule has 2 N–H and O–H groups in total. The maximum Gasteiger partial charge on any atom is 0.322 e. The van der Waals surface area contributed by atoms with Crippen LogP contribution in [0.5, 0.6) is 0 Å². The van der Waals surface area contributed by atoms with Crippen molar-refractivity contribution in [1.82, 2.24) is 4.90 Å². The topological polar surface area (TPSA) is 69.6 Å². The predicted octanol–water partition coefficient (Wildman–Crippen LogP) is 2.97. The summed E-state index contributed by atoms with van der Waals surface area (Å²) in [6.07, 6.45) is 0.844. The summed E-state index contributed by atoms with van der Waals surface area (Å²) in [5.41, 5.74) is 1.29. The second-order valence-electron chi connectivity index (χ2n) is 4.99. The van der Waals surface area contributed by atoms with E-state index in [0.717, 1.165) is 6.42 Å². The zero-order valence-electron chi connectivity index (χ0n) is 12.2. The van der Waals surface area contributed by atoms with Crippen LogP contribution in [0.3, 0.4) is 0 Å². The fraction of sp³-hybridized carbons (Fsp3) is 0.467. The van der Waals surface area contributed by atoms with Gasteiger partial charge >= 0.3 is 12.0 Å². The minimum atomic E-state index is -0.886. The Morgan fingerprint density at radius 1 is 1.35 bits per heavy atom. The summed E-state index contributed by atoms with van der Waals surface area (Å²) in [5, 5.41) is 11.6. The average Bonchev–Trinajstić information content (AvgIpc) is 2.34. The first-order chi connectivity index (χ1) is 9.43. The van der Waals surface area contributed by atoms with Gasteiger partial charge in [-0.25, -0.2) is 4.79 Å². The molecule has 0 unspecified atom stereocenters. The van der Waals surface area contributed by atoms with E-state index in [0.29, 0.717) is 17.8 Å². The normalized spacial score (nSPS) is 10.4. The lowest BCUT2D eigenvalue weighted by atomic mass is 10.1. The molecule has 0 aliphatic carbocycles. The number of hydrogen-bond donors (Lipinski definition) is 2. The largest absolute Gasteiger partial charge is 0.481 e. The molecule has 0 saturated carbocycles. The van der Waals surface area contributed by atoms with Gasteiger partial charge in [0.2, 0.25) is 0 Å². The Balaban J connectivity index is 2.76. The number of carboxylic acids is 1. The number of hydrogen-bond acceptors (Lipinski definition) is 2. The molecule has 0 saturated heterocycles. The average molecular weight is 278 g/mol. The molecule has 20 heavy (non-hydrogen) atoms. The third-order valence-corrected chi connectivity index (χ3v) is 2.88. The van der Waals surface area contributed by atoms with E-state index in [2.05, 4.69) is 5.32 Å². The molecule has 0 bridgehead atoms. The van der Waals surface area contributed by atoms with Crippen molar-refractivity contribution in [3.05, 3.63) is 29.8 Å². The number of carbonyl (C=O) groups is 2. The second kappa shape index (κ2) is 7.53. The van der Waals surface area contributed by atoms with Crippen LogP contribution in [-0.2, 0) is 11.2 Å². The summed E-state index contributed by atoms with van der Waals surface area (Å²) in [5.74, 6) is -0.886. The first kappa shape index (κ1) is 16.0. The highest BCUT2D eigenvalue weighted by atomic mass is 16.4.